The van der Waals surface area contributed by atoms with Gasteiger partial charge in [0.05, 0.1) is 5.69 Å². The fourth-order valence-electron chi connectivity index (χ4n) is 2.63. The number of hydrogen-bond donors (Lipinski definition) is 1. The molecule has 2 rings (SSSR count). The third-order valence-electron chi connectivity index (χ3n) is 3.68. The summed E-state index contributed by atoms with van der Waals surface area (Å²) in [6.45, 7) is 8.23. The highest BCUT2D eigenvalue weighted by Crippen LogP contribution is 2.15. The first-order valence-corrected chi connectivity index (χ1v) is 7.19. The molecule has 4 heteroatoms. The Morgan fingerprint density at radius 1 is 1.50 bits per heavy atom. The Morgan fingerprint density at radius 3 is 3.11 bits per heavy atom. The average molecular weight is 250 g/mol. The van der Waals surface area contributed by atoms with E-state index in [1.54, 1.807) is 0 Å². The van der Waals surface area contributed by atoms with E-state index in [4.69, 9.17) is 0 Å². The summed E-state index contributed by atoms with van der Waals surface area (Å²) in [4.78, 5) is 2.58. The standard InChI is InChI=1S/C14H26N4/c1-3-7-15-11-13-4-9-18(12-13)10-6-14-5-8-17(2)16-14/h5,8,13,15H,3-4,6-7,9-12H2,1-2H3. The van der Waals surface area contributed by atoms with Crippen LogP contribution in [0.5, 0.6) is 0 Å². The van der Waals surface area contributed by atoms with Gasteiger partial charge in [0.2, 0.25) is 0 Å². The molecule has 0 aliphatic carbocycles. The van der Waals surface area contributed by atoms with E-state index in [1.165, 1.54) is 38.2 Å². The van der Waals surface area contributed by atoms with Gasteiger partial charge >= 0.3 is 0 Å². The fraction of sp³-hybridized carbons (Fsp3) is 0.786. The highest BCUT2D eigenvalue weighted by atomic mass is 15.2. The summed E-state index contributed by atoms with van der Waals surface area (Å²) in [5.74, 6) is 0.847. The summed E-state index contributed by atoms with van der Waals surface area (Å²) >= 11 is 0. The van der Waals surface area contributed by atoms with Gasteiger partial charge in [-0.1, -0.05) is 6.92 Å². The summed E-state index contributed by atoms with van der Waals surface area (Å²) in [6, 6.07) is 2.12. The van der Waals surface area contributed by atoms with Gasteiger partial charge in [-0.05, 0) is 44.5 Å². The second kappa shape index (κ2) is 6.90. The summed E-state index contributed by atoms with van der Waals surface area (Å²) < 4.78 is 1.89. The van der Waals surface area contributed by atoms with Crippen LogP contribution in [0.15, 0.2) is 12.3 Å². The number of aryl methyl sites for hydroxylation is 1. The van der Waals surface area contributed by atoms with Crippen molar-refractivity contribution in [1.82, 2.24) is 20.0 Å². The Hall–Kier alpha value is -0.870. The maximum Gasteiger partial charge on any atom is 0.0637 e. The molecule has 1 N–H and O–H groups in total. The molecule has 0 amide bonds. The lowest BCUT2D eigenvalue weighted by atomic mass is 10.1. The molecule has 1 fully saturated rings. The zero-order valence-electron chi connectivity index (χ0n) is 11.7. The van der Waals surface area contributed by atoms with Crippen molar-refractivity contribution in [2.24, 2.45) is 13.0 Å². The Kier molecular flexibility index (Phi) is 5.20. The van der Waals surface area contributed by atoms with Crippen LogP contribution in [-0.2, 0) is 13.5 Å². The van der Waals surface area contributed by atoms with E-state index < -0.39 is 0 Å². The number of hydrogen-bond acceptors (Lipinski definition) is 3. The number of nitrogens with zero attached hydrogens (tertiary/aromatic N) is 3. The topological polar surface area (TPSA) is 33.1 Å². The van der Waals surface area contributed by atoms with Crippen LogP contribution in [0, 0.1) is 5.92 Å². The normalized spacial score (nSPS) is 20.7. The molecule has 1 aliphatic heterocycles. The highest BCUT2D eigenvalue weighted by molar-refractivity contribution is 4.99. The first kappa shape index (κ1) is 13.6. The predicted octanol–water partition coefficient (Wildman–Crippen LogP) is 1.28. The molecule has 1 aliphatic rings. The van der Waals surface area contributed by atoms with Crippen molar-refractivity contribution in [1.29, 1.82) is 0 Å². The average Bonchev–Trinajstić information content (AvgIpc) is 2.96. The molecule has 0 radical (unpaired) electrons. The Labute approximate surface area is 110 Å². The van der Waals surface area contributed by atoms with Crippen LogP contribution in [0.1, 0.15) is 25.5 Å². The highest BCUT2D eigenvalue weighted by Gasteiger charge is 2.21. The van der Waals surface area contributed by atoms with Crippen molar-refractivity contribution in [3.05, 3.63) is 18.0 Å². The van der Waals surface area contributed by atoms with Crippen molar-refractivity contribution in [2.75, 3.05) is 32.7 Å². The predicted molar refractivity (Wildman–Crippen MR) is 74.6 cm³/mol. The zero-order valence-corrected chi connectivity index (χ0v) is 11.7. The molecule has 0 saturated carbocycles. The third kappa shape index (κ3) is 4.10. The molecular formula is C14H26N4. The smallest absolute Gasteiger partial charge is 0.0637 e. The minimum Gasteiger partial charge on any atom is -0.316 e. The van der Waals surface area contributed by atoms with E-state index in [9.17, 15) is 0 Å². The van der Waals surface area contributed by atoms with Gasteiger partial charge in [0, 0.05) is 32.8 Å². The molecule has 1 aromatic rings. The molecular weight excluding hydrogens is 224 g/mol. The molecule has 102 valence electrons. The SMILES string of the molecule is CCCNCC1CCN(CCc2ccn(C)n2)C1. The molecule has 0 aromatic carbocycles. The quantitative estimate of drug-likeness (QED) is 0.740. The second-order valence-electron chi connectivity index (χ2n) is 5.39. The Morgan fingerprint density at radius 2 is 2.39 bits per heavy atom. The lowest BCUT2D eigenvalue weighted by Gasteiger charge is -2.15. The van der Waals surface area contributed by atoms with Gasteiger partial charge < -0.3 is 10.2 Å². The van der Waals surface area contributed by atoms with E-state index in [-0.39, 0.29) is 0 Å². The zero-order chi connectivity index (χ0) is 12.8. The lowest BCUT2D eigenvalue weighted by molar-refractivity contribution is 0.324. The summed E-state index contributed by atoms with van der Waals surface area (Å²) in [6.07, 6.45) is 5.68. The molecule has 1 aromatic heterocycles. The number of nitrogens with one attached hydrogen (secondary N) is 1. The number of aromatic nitrogens is 2. The van der Waals surface area contributed by atoms with Gasteiger partial charge in [-0.25, -0.2) is 0 Å². The first-order valence-electron chi connectivity index (χ1n) is 7.19. The Bertz CT molecular complexity index is 347. The van der Waals surface area contributed by atoms with Gasteiger partial charge in [0.1, 0.15) is 0 Å². The van der Waals surface area contributed by atoms with E-state index in [2.05, 4.69) is 28.3 Å². The summed E-state index contributed by atoms with van der Waals surface area (Å²) in [5, 5.41) is 7.96. The molecule has 0 spiro atoms. The maximum atomic E-state index is 4.43. The Balaban J connectivity index is 1.63. The van der Waals surface area contributed by atoms with E-state index in [0.717, 1.165) is 25.4 Å². The number of rotatable bonds is 7. The van der Waals surface area contributed by atoms with E-state index in [1.807, 2.05) is 17.9 Å². The van der Waals surface area contributed by atoms with Gasteiger partial charge in [-0.15, -0.1) is 0 Å². The summed E-state index contributed by atoms with van der Waals surface area (Å²) in [7, 11) is 1.98. The fourth-order valence-corrected chi connectivity index (χ4v) is 2.63. The van der Waals surface area contributed by atoms with Crippen LogP contribution in [0.4, 0.5) is 0 Å². The van der Waals surface area contributed by atoms with Crippen LogP contribution in [-0.4, -0.2) is 47.4 Å². The minimum absolute atomic E-state index is 0.847. The number of likely N-dealkylation sites (tertiary alicyclic amines) is 1. The molecule has 18 heavy (non-hydrogen) atoms. The van der Waals surface area contributed by atoms with Gasteiger partial charge in [0.15, 0.2) is 0 Å². The van der Waals surface area contributed by atoms with E-state index >= 15 is 0 Å². The molecule has 1 saturated heterocycles. The lowest BCUT2D eigenvalue weighted by Crippen LogP contribution is -2.28. The second-order valence-corrected chi connectivity index (χ2v) is 5.39. The maximum absolute atomic E-state index is 4.43. The van der Waals surface area contributed by atoms with Crippen molar-refractivity contribution >= 4 is 0 Å². The van der Waals surface area contributed by atoms with Gasteiger partial charge in [-0.3, -0.25) is 4.68 Å². The molecule has 2 heterocycles. The molecule has 4 nitrogen and oxygen atoms in total. The van der Waals surface area contributed by atoms with Crippen LogP contribution in [0.25, 0.3) is 0 Å². The van der Waals surface area contributed by atoms with Crippen LogP contribution < -0.4 is 5.32 Å². The molecule has 0 bridgehead atoms. The van der Waals surface area contributed by atoms with Crippen molar-refractivity contribution in [3.8, 4) is 0 Å². The third-order valence-corrected chi connectivity index (χ3v) is 3.68. The van der Waals surface area contributed by atoms with Gasteiger partial charge in [-0.2, -0.15) is 5.10 Å². The summed E-state index contributed by atoms with van der Waals surface area (Å²) in [5.41, 5.74) is 1.21. The molecule has 1 unspecified atom stereocenters. The van der Waals surface area contributed by atoms with Crippen LogP contribution in [0.2, 0.25) is 0 Å². The van der Waals surface area contributed by atoms with Crippen molar-refractivity contribution in [2.45, 2.75) is 26.2 Å². The van der Waals surface area contributed by atoms with E-state index in [0.29, 0.717) is 0 Å². The minimum atomic E-state index is 0.847. The molecule has 1 atom stereocenters. The van der Waals surface area contributed by atoms with Crippen LogP contribution >= 0.6 is 0 Å². The monoisotopic (exact) mass is 250 g/mol. The van der Waals surface area contributed by atoms with Crippen LogP contribution in [0.3, 0.4) is 0 Å². The van der Waals surface area contributed by atoms with Crippen molar-refractivity contribution < 1.29 is 0 Å². The first-order chi connectivity index (χ1) is 8.78. The van der Waals surface area contributed by atoms with Crippen molar-refractivity contribution in [3.63, 3.8) is 0 Å². The van der Waals surface area contributed by atoms with Gasteiger partial charge in [0.25, 0.3) is 0 Å². The largest absolute Gasteiger partial charge is 0.316 e.